The summed E-state index contributed by atoms with van der Waals surface area (Å²) < 4.78 is 24.7. The lowest BCUT2D eigenvalue weighted by Gasteiger charge is -2.10. The Balaban J connectivity index is 2.20. The largest absolute Gasteiger partial charge is 0.497 e. The summed E-state index contributed by atoms with van der Waals surface area (Å²) in [4.78, 5) is 12.2. The molecule has 7 heteroatoms. The summed E-state index contributed by atoms with van der Waals surface area (Å²) in [6.07, 6.45) is 3.08. The van der Waals surface area contributed by atoms with E-state index in [9.17, 15) is 4.39 Å². The average Bonchev–Trinajstić information content (AvgIpc) is 2.54. The fraction of sp³-hybridized carbons (Fsp3) is 0.133. The van der Waals surface area contributed by atoms with Gasteiger partial charge in [0, 0.05) is 23.2 Å². The Morgan fingerprint density at radius 1 is 1.05 bits per heavy atom. The van der Waals surface area contributed by atoms with Crippen molar-refractivity contribution >= 4 is 22.5 Å². The molecule has 112 valence electrons. The molecule has 0 fully saturated rings. The number of halogens is 2. The molecular weight excluding hydrogens is 309 g/mol. The van der Waals surface area contributed by atoms with Crippen LogP contribution >= 0.6 is 11.6 Å². The highest BCUT2D eigenvalue weighted by Crippen LogP contribution is 2.33. The Kier molecular flexibility index (Phi) is 3.77. The van der Waals surface area contributed by atoms with Gasteiger partial charge in [-0.2, -0.15) is 0 Å². The van der Waals surface area contributed by atoms with Gasteiger partial charge >= 0.3 is 0 Å². The standard InChI is InChI=1S/C15H11ClFN3O2/c1-21-9-4-10(14(17)13(5-9)22-2)11-3-8-6-19-15(16)20-12(8)7-18-11/h3-7H,1-2H3. The summed E-state index contributed by atoms with van der Waals surface area (Å²) in [5.41, 5.74) is 1.28. The second kappa shape index (κ2) is 5.73. The van der Waals surface area contributed by atoms with Crippen LogP contribution < -0.4 is 9.47 Å². The molecule has 0 spiro atoms. The van der Waals surface area contributed by atoms with Crippen molar-refractivity contribution in [3.05, 3.63) is 41.7 Å². The molecule has 0 aliphatic heterocycles. The van der Waals surface area contributed by atoms with E-state index in [4.69, 9.17) is 21.1 Å². The maximum absolute atomic E-state index is 14.5. The zero-order valence-electron chi connectivity index (χ0n) is 11.8. The lowest BCUT2D eigenvalue weighted by Crippen LogP contribution is -1.96. The monoisotopic (exact) mass is 319 g/mol. The first-order valence-corrected chi connectivity index (χ1v) is 6.70. The zero-order valence-corrected chi connectivity index (χ0v) is 12.6. The maximum atomic E-state index is 14.5. The van der Waals surface area contributed by atoms with Crippen molar-refractivity contribution in [3.8, 4) is 22.8 Å². The molecule has 0 amide bonds. The van der Waals surface area contributed by atoms with E-state index >= 15 is 0 Å². The zero-order chi connectivity index (χ0) is 15.7. The molecule has 0 radical (unpaired) electrons. The Bertz CT molecular complexity index is 858. The highest BCUT2D eigenvalue weighted by atomic mass is 35.5. The molecule has 0 bridgehead atoms. The van der Waals surface area contributed by atoms with Crippen molar-refractivity contribution in [1.82, 2.24) is 15.0 Å². The third-order valence-corrected chi connectivity index (χ3v) is 3.36. The molecule has 0 aliphatic rings. The highest BCUT2D eigenvalue weighted by Gasteiger charge is 2.15. The minimum atomic E-state index is -0.509. The summed E-state index contributed by atoms with van der Waals surface area (Å²) in [5.74, 6) is 0.0520. The minimum absolute atomic E-state index is 0.0867. The number of hydrogen-bond acceptors (Lipinski definition) is 5. The fourth-order valence-corrected chi connectivity index (χ4v) is 2.22. The third kappa shape index (κ3) is 2.53. The van der Waals surface area contributed by atoms with Crippen LogP contribution in [0.4, 0.5) is 4.39 Å². The van der Waals surface area contributed by atoms with Gasteiger partial charge in [-0.3, -0.25) is 4.98 Å². The summed E-state index contributed by atoms with van der Waals surface area (Å²) in [7, 11) is 2.89. The van der Waals surface area contributed by atoms with Crippen LogP contribution in [0.25, 0.3) is 22.2 Å². The second-order valence-electron chi connectivity index (χ2n) is 4.46. The van der Waals surface area contributed by atoms with Gasteiger partial charge in [-0.25, -0.2) is 14.4 Å². The number of ether oxygens (including phenoxy) is 2. The number of nitrogens with zero attached hydrogens (tertiary/aromatic N) is 3. The van der Waals surface area contributed by atoms with Gasteiger partial charge in [0.05, 0.1) is 31.6 Å². The summed E-state index contributed by atoms with van der Waals surface area (Å²) in [6.45, 7) is 0. The SMILES string of the molecule is COc1cc(OC)c(F)c(-c2cc3cnc(Cl)nc3cn2)c1. The molecule has 1 aromatic carbocycles. The van der Waals surface area contributed by atoms with Crippen LogP contribution in [-0.2, 0) is 0 Å². The molecular formula is C15H11ClFN3O2. The van der Waals surface area contributed by atoms with E-state index in [1.165, 1.54) is 26.5 Å². The van der Waals surface area contributed by atoms with Gasteiger partial charge in [0.15, 0.2) is 11.6 Å². The molecule has 2 aromatic heterocycles. The van der Waals surface area contributed by atoms with Crippen molar-refractivity contribution in [2.45, 2.75) is 0 Å². The van der Waals surface area contributed by atoms with E-state index < -0.39 is 5.82 Å². The first-order chi connectivity index (χ1) is 10.6. The van der Waals surface area contributed by atoms with Gasteiger partial charge in [-0.15, -0.1) is 0 Å². The molecule has 0 saturated carbocycles. The van der Waals surface area contributed by atoms with Crippen LogP contribution in [0.2, 0.25) is 5.28 Å². The Labute approximate surface area is 130 Å². The molecule has 2 heterocycles. The second-order valence-corrected chi connectivity index (χ2v) is 4.80. The maximum Gasteiger partial charge on any atom is 0.222 e. The molecule has 0 atom stereocenters. The smallest absolute Gasteiger partial charge is 0.222 e. The van der Waals surface area contributed by atoms with Gasteiger partial charge in [-0.1, -0.05) is 0 Å². The number of methoxy groups -OCH3 is 2. The Morgan fingerprint density at radius 2 is 1.86 bits per heavy atom. The third-order valence-electron chi connectivity index (χ3n) is 3.18. The summed E-state index contributed by atoms with van der Waals surface area (Å²) in [5, 5.41) is 0.840. The van der Waals surface area contributed by atoms with Gasteiger partial charge < -0.3 is 9.47 Å². The first kappa shape index (κ1) is 14.5. The van der Waals surface area contributed by atoms with Crippen molar-refractivity contribution in [2.75, 3.05) is 14.2 Å². The molecule has 0 aliphatic carbocycles. The molecule has 0 saturated heterocycles. The molecule has 5 nitrogen and oxygen atoms in total. The van der Waals surface area contributed by atoms with Crippen LogP contribution in [0.3, 0.4) is 0 Å². The molecule has 3 rings (SSSR count). The number of hydrogen-bond donors (Lipinski definition) is 0. The minimum Gasteiger partial charge on any atom is -0.497 e. The number of pyridine rings is 1. The normalized spacial score (nSPS) is 10.7. The molecule has 0 N–H and O–H groups in total. The molecule has 22 heavy (non-hydrogen) atoms. The van der Waals surface area contributed by atoms with Gasteiger partial charge in [0.2, 0.25) is 5.28 Å². The lowest BCUT2D eigenvalue weighted by molar-refractivity contribution is 0.375. The number of fused-ring (bicyclic) bond motifs is 1. The van der Waals surface area contributed by atoms with E-state index in [2.05, 4.69) is 15.0 Å². The van der Waals surface area contributed by atoms with Gasteiger partial charge in [0.25, 0.3) is 0 Å². The fourth-order valence-electron chi connectivity index (χ4n) is 2.08. The first-order valence-electron chi connectivity index (χ1n) is 6.32. The molecule has 0 unspecified atom stereocenters. The van der Waals surface area contributed by atoms with Crippen LogP contribution in [0, 0.1) is 5.82 Å². The van der Waals surface area contributed by atoms with Gasteiger partial charge in [0.1, 0.15) is 5.75 Å². The Morgan fingerprint density at radius 3 is 2.59 bits per heavy atom. The summed E-state index contributed by atoms with van der Waals surface area (Å²) in [6, 6.07) is 4.72. The topological polar surface area (TPSA) is 57.1 Å². The predicted octanol–water partition coefficient (Wildman–Crippen LogP) is 3.50. The summed E-state index contributed by atoms with van der Waals surface area (Å²) >= 11 is 5.74. The predicted molar refractivity (Wildman–Crippen MR) is 80.8 cm³/mol. The van der Waals surface area contributed by atoms with Crippen molar-refractivity contribution < 1.29 is 13.9 Å². The number of aromatic nitrogens is 3. The Hall–Kier alpha value is -2.47. The average molecular weight is 320 g/mol. The van der Waals surface area contributed by atoms with Crippen LogP contribution in [-0.4, -0.2) is 29.2 Å². The van der Waals surface area contributed by atoms with Crippen LogP contribution in [0.5, 0.6) is 11.5 Å². The number of rotatable bonds is 3. The lowest BCUT2D eigenvalue weighted by atomic mass is 10.1. The van der Waals surface area contributed by atoms with Crippen LogP contribution in [0.15, 0.2) is 30.6 Å². The van der Waals surface area contributed by atoms with E-state index in [-0.39, 0.29) is 16.6 Å². The van der Waals surface area contributed by atoms with Crippen LogP contribution in [0.1, 0.15) is 0 Å². The number of benzene rings is 1. The van der Waals surface area contributed by atoms with Crippen molar-refractivity contribution in [1.29, 1.82) is 0 Å². The van der Waals surface area contributed by atoms with Gasteiger partial charge in [-0.05, 0) is 23.7 Å². The van der Waals surface area contributed by atoms with E-state index in [1.54, 1.807) is 18.3 Å². The quantitative estimate of drug-likeness (QED) is 0.691. The van der Waals surface area contributed by atoms with Crippen molar-refractivity contribution in [3.63, 3.8) is 0 Å². The molecule has 3 aromatic rings. The highest BCUT2D eigenvalue weighted by molar-refractivity contribution is 6.28. The van der Waals surface area contributed by atoms with E-state index in [0.717, 1.165) is 0 Å². The van der Waals surface area contributed by atoms with E-state index in [0.29, 0.717) is 22.3 Å². The van der Waals surface area contributed by atoms with E-state index in [1.807, 2.05) is 0 Å². The van der Waals surface area contributed by atoms with Crippen molar-refractivity contribution in [2.24, 2.45) is 0 Å².